The van der Waals surface area contributed by atoms with Crippen LogP contribution in [0.1, 0.15) is 11.6 Å². The Balaban J connectivity index is 3.01. The number of hydrogen-bond acceptors (Lipinski definition) is 4. The highest BCUT2D eigenvalue weighted by Gasteiger charge is 2.27. The lowest BCUT2D eigenvalue weighted by atomic mass is 9.99. The maximum absolute atomic E-state index is 11.0. The van der Waals surface area contributed by atoms with Gasteiger partial charge in [0.15, 0.2) is 0 Å². The molecule has 3 N–H and O–H groups in total. The second-order valence-electron chi connectivity index (χ2n) is 4.05. The van der Waals surface area contributed by atoms with Crippen molar-refractivity contribution in [3.8, 4) is 0 Å². The largest absolute Gasteiger partial charge is 0.480 e. The molecule has 0 aromatic heterocycles. The topological polar surface area (TPSA) is 66.6 Å². The molecule has 0 fully saturated rings. The molecule has 2 atom stereocenters. The third-order valence-corrected chi connectivity index (χ3v) is 3.38. The van der Waals surface area contributed by atoms with Gasteiger partial charge in [-0.25, -0.2) is 0 Å². The molecular weight excluding hydrogens is 236 g/mol. The smallest absolute Gasteiger partial charge is 0.322 e. The molecule has 0 saturated heterocycles. The van der Waals surface area contributed by atoms with Crippen LogP contribution in [-0.4, -0.2) is 42.4 Å². The third kappa shape index (κ3) is 3.46. The maximum Gasteiger partial charge on any atom is 0.322 e. The molecule has 0 aliphatic heterocycles. The van der Waals surface area contributed by atoms with Crippen molar-refractivity contribution in [2.75, 3.05) is 20.4 Å². The van der Waals surface area contributed by atoms with Crippen LogP contribution in [0.15, 0.2) is 29.2 Å². The first-order chi connectivity index (χ1) is 7.97. The van der Waals surface area contributed by atoms with E-state index in [-0.39, 0.29) is 6.04 Å². The summed E-state index contributed by atoms with van der Waals surface area (Å²) in [6.45, 7) is 0. The number of carboxylic acid groups (broad SMARTS) is 1. The summed E-state index contributed by atoms with van der Waals surface area (Å²) in [5.74, 6) is -0.988. The van der Waals surface area contributed by atoms with E-state index in [4.69, 9.17) is 10.8 Å². The van der Waals surface area contributed by atoms with Crippen molar-refractivity contribution >= 4 is 17.7 Å². The van der Waals surface area contributed by atoms with Crippen molar-refractivity contribution in [2.24, 2.45) is 5.73 Å². The fraction of sp³-hybridized carbons (Fsp3) is 0.417. The van der Waals surface area contributed by atoms with Crippen molar-refractivity contribution in [2.45, 2.75) is 17.0 Å². The van der Waals surface area contributed by atoms with Crippen LogP contribution < -0.4 is 5.73 Å². The molecule has 5 heteroatoms. The zero-order valence-electron chi connectivity index (χ0n) is 10.3. The number of nitrogens with zero attached hydrogens (tertiary/aromatic N) is 1. The fourth-order valence-corrected chi connectivity index (χ4v) is 2.17. The molecule has 0 spiro atoms. The van der Waals surface area contributed by atoms with E-state index < -0.39 is 12.0 Å². The lowest BCUT2D eigenvalue weighted by molar-refractivity contribution is -0.140. The van der Waals surface area contributed by atoms with E-state index in [0.29, 0.717) is 0 Å². The van der Waals surface area contributed by atoms with Gasteiger partial charge in [0.05, 0.1) is 6.04 Å². The van der Waals surface area contributed by atoms with Crippen LogP contribution in [-0.2, 0) is 4.79 Å². The Morgan fingerprint density at radius 3 is 2.24 bits per heavy atom. The van der Waals surface area contributed by atoms with Gasteiger partial charge in [0.2, 0.25) is 0 Å². The number of thioether (sulfide) groups is 1. The van der Waals surface area contributed by atoms with Gasteiger partial charge < -0.3 is 15.7 Å². The Morgan fingerprint density at radius 2 is 1.88 bits per heavy atom. The standard InChI is InChI=1S/C12H18N2O2S/c1-14(2)11(10(13)12(15)16)8-4-6-9(17-3)7-5-8/h4-7,10-11H,13H2,1-3H3,(H,15,16). The van der Waals surface area contributed by atoms with Gasteiger partial charge >= 0.3 is 5.97 Å². The number of rotatable bonds is 5. The minimum absolute atomic E-state index is 0.316. The summed E-state index contributed by atoms with van der Waals surface area (Å²) in [6.07, 6.45) is 2.00. The first-order valence-electron chi connectivity index (χ1n) is 5.26. The van der Waals surface area contributed by atoms with Crippen LogP contribution in [0, 0.1) is 0 Å². The van der Waals surface area contributed by atoms with Gasteiger partial charge in [0.25, 0.3) is 0 Å². The monoisotopic (exact) mass is 254 g/mol. The average Bonchev–Trinajstić information content (AvgIpc) is 2.29. The van der Waals surface area contributed by atoms with Gasteiger partial charge in [0, 0.05) is 4.90 Å². The number of benzene rings is 1. The summed E-state index contributed by atoms with van der Waals surface area (Å²) in [7, 11) is 3.66. The Hall–Kier alpha value is -1.04. The molecule has 17 heavy (non-hydrogen) atoms. The number of hydrogen-bond donors (Lipinski definition) is 2. The van der Waals surface area contributed by atoms with Crippen molar-refractivity contribution in [3.05, 3.63) is 29.8 Å². The molecule has 1 rings (SSSR count). The molecule has 0 aliphatic rings. The zero-order chi connectivity index (χ0) is 13.0. The highest BCUT2D eigenvalue weighted by molar-refractivity contribution is 7.98. The number of carboxylic acids is 1. The van der Waals surface area contributed by atoms with E-state index in [1.54, 1.807) is 11.8 Å². The molecule has 0 amide bonds. The van der Waals surface area contributed by atoms with Crippen LogP contribution >= 0.6 is 11.8 Å². The molecule has 0 heterocycles. The minimum Gasteiger partial charge on any atom is -0.480 e. The fourth-order valence-electron chi connectivity index (χ4n) is 1.76. The third-order valence-electron chi connectivity index (χ3n) is 2.64. The Morgan fingerprint density at radius 1 is 1.35 bits per heavy atom. The summed E-state index contributed by atoms with van der Waals surface area (Å²) < 4.78 is 0. The SMILES string of the molecule is CSc1ccc(C(C(N)C(=O)O)N(C)C)cc1. The number of nitrogens with two attached hydrogens (primary N) is 1. The molecular formula is C12H18N2O2S. The lowest BCUT2D eigenvalue weighted by Crippen LogP contribution is -2.43. The van der Waals surface area contributed by atoms with E-state index in [9.17, 15) is 4.79 Å². The molecule has 0 saturated carbocycles. The summed E-state index contributed by atoms with van der Waals surface area (Å²) in [6, 6.07) is 6.57. The van der Waals surface area contributed by atoms with Gasteiger partial charge in [-0.05, 0) is 38.0 Å². The Kier molecular flexibility index (Phi) is 4.99. The van der Waals surface area contributed by atoms with Crippen molar-refractivity contribution in [1.82, 2.24) is 4.90 Å². The van der Waals surface area contributed by atoms with Gasteiger partial charge in [-0.2, -0.15) is 0 Å². The van der Waals surface area contributed by atoms with E-state index >= 15 is 0 Å². The van der Waals surface area contributed by atoms with Gasteiger partial charge in [-0.3, -0.25) is 4.79 Å². The molecule has 0 bridgehead atoms. The first-order valence-corrected chi connectivity index (χ1v) is 6.48. The predicted molar refractivity (Wildman–Crippen MR) is 70.3 cm³/mol. The highest BCUT2D eigenvalue weighted by Crippen LogP contribution is 2.24. The summed E-state index contributed by atoms with van der Waals surface area (Å²) in [4.78, 5) is 14.0. The van der Waals surface area contributed by atoms with Crippen LogP contribution in [0.2, 0.25) is 0 Å². The highest BCUT2D eigenvalue weighted by atomic mass is 32.2. The Labute approximate surface area is 106 Å². The predicted octanol–water partition coefficient (Wildman–Crippen LogP) is 1.42. The van der Waals surface area contributed by atoms with Crippen LogP contribution in [0.5, 0.6) is 0 Å². The van der Waals surface area contributed by atoms with Crippen molar-refractivity contribution in [1.29, 1.82) is 0 Å². The van der Waals surface area contributed by atoms with Crippen molar-refractivity contribution < 1.29 is 9.90 Å². The number of carbonyl (C=O) groups is 1. The summed E-state index contributed by atoms with van der Waals surface area (Å²) in [5.41, 5.74) is 6.64. The number of aliphatic carboxylic acids is 1. The molecule has 0 radical (unpaired) electrons. The van der Waals surface area contributed by atoms with Crippen LogP contribution in [0.4, 0.5) is 0 Å². The molecule has 1 aromatic carbocycles. The second-order valence-corrected chi connectivity index (χ2v) is 4.93. The maximum atomic E-state index is 11.0. The lowest BCUT2D eigenvalue weighted by Gasteiger charge is -2.28. The molecule has 4 nitrogen and oxygen atoms in total. The number of likely N-dealkylation sites (N-methyl/N-ethyl adjacent to an activating group) is 1. The van der Waals surface area contributed by atoms with E-state index in [1.807, 2.05) is 49.5 Å². The molecule has 94 valence electrons. The molecule has 0 aliphatic carbocycles. The van der Waals surface area contributed by atoms with Gasteiger partial charge in [-0.15, -0.1) is 11.8 Å². The second kappa shape index (κ2) is 6.05. The zero-order valence-corrected chi connectivity index (χ0v) is 11.1. The minimum atomic E-state index is -0.988. The summed E-state index contributed by atoms with van der Waals surface area (Å²) in [5, 5.41) is 9.01. The van der Waals surface area contributed by atoms with Gasteiger partial charge in [-0.1, -0.05) is 12.1 Å². The first kappa shape index (κ1) is 14.0. The normalized spacial score (nSPS) is 14.6. The van der Waals surface area contributed by atoms with Crippen LogP contribution in [0.25, 0.3) is 0 Å². The van der Waals surface area contributed by atoms with E-state index in [0.717, 1.165) is 10.5 Å². The average molecular weight is 254 g/mol. The van der Waals surface area contributed by atoms with Crippen LogP contribution in [0.3, 0.4) is 0 Å². The molecule has 1 aromatic rings. The van der Waals surface area contributed by atoms with E-state index in [2.05, 4.69) is 0 Å². The van der Waals surface area contributed by atoms with E-state index in [1.165, 1.54) is 0 Å². The van der Waals surface area contributed by atoms with Crippen molar-refractivity contribution in [3.63, 3.8) is 0 Å². The molecule has 2 unspecified atom stereocenters. The van der Waals surface area contributed by atoms with Gasteiger partial charge in [0.1, 0.15) is 6.04 Å². The quantitative estimate of drug-likeness (QED) is 0.778. The Bertz CT molecular complexity index is 379. The summed E-state index contributed by atoms with van der Waals surface area (Å²) >= 11 is 1.65.